The van der Waals surface area contributed by atoms with E-state index in [4.69, 9.17) is 4.74 Å². The van der Waals surface area contributed by atoms with Crippen LogP contribution in [0.25, 0.3) is 11.3 Å². The Morgan fingerprint density at radius 1 is 0.967 bits per heavy atom. The number of aryl methyl sites for hydroxylation is 1. The minimum Gasteiger partial charge on any atom is -0.497 e. The third-order valence-corrected chi connectivity index (χ3v) is 6.22. The van der Waals surface area contributed by atoms with Crippen molar-refractivity contribution in [1.82, 2.24) is 10.2 Å². The molecule has 0 spiro atoms. The number of aromatic nitrogens is 2. The van der Waals surface area contributed by atoms with Crippen molar-refractivity contribution in [3.05, 3.63) is 66.2 Å². The number of amides is 1. The quantitative estimate of drug-likeness (QED) is 0.593. The number of methoxy groups -OCH3 is 1. The molecule has 0 aliphatic rings. The second-order valence-corrected chi connectivity index (χ2v) is 8.86. The van der Waals surface area contributed by atoms with Crippen LogP contribution in [0.3, 0.4) is 0 Å². The van der Waals surface area contributed by atoms with Gasteiger partial charge < -0.3 is 10.1 Å². The molecular formula is C22H23N3O4S. The van der Waals surface area contributed by atoms with Crippen LogP contribution >= 0.6 is 0 Å². The lowest BCUT2D eigenvalue weighted by Gasteiger charge is -2.07. The zero-order valence-corrected chi connectivity index (χ0v) is 17.6. The number of carbonyl (C=O) groups excluding carboxylic acids is 1. The van der Waals surface area contributed by atoms with Crippen LogP contribution in [0.1, 0.15) is 18.9 Å². The van der Waals surface area contributed by atoms with Crippen LogP contribution in [0.2, 0.25) is 0 Å². The van der Waals surface area contributed by atoms with E-state index < -0.39 is 9.84 Å². The van der Waals surface area contributed by atoms with Crippen LogP contribution in [-0.4, -0.2) is 37.4 Å². The first kappa shape index (κ1) is 21.4. The predicted molar refractivity (Wildman–Crippen MR) is 115 cm³/mol. The number of hydrogen-bond acceptors (Lipinski definition) is 6. The van der Waals surface area contributed by atoms with Gasteiger partial charge in [-0.25, -0.2) is 8.42 Å². The van der Waals surface area contributed by atoms with Gasteiger partial charge in [0.25, 0.3) is 0 Å². The monoisotopic (exact) mass is 425 g/mol. The summed E-state index contributed by atoms with van der Waals surface area (Å²) in [4.78, 5) is 12.2. The van der Waals surface area contributed by atoms with Crippen molar-refractivity contribution in [2.24, 2.45) is 0 Å². The molecule has 0 saturated carbocycles. The molecule has 3 aromatic rings. The van der Waals surface area contributed by atoms with Crippen LogP contribution in [0.5, 0.6) is 5.75 Å². The molecule has 8 heteroatoms. The van der Waals surface area contributed by atoms with E-state index in [2.05, 4.69) is 15.5 Å². The Bertz CT molecular complexity index is 1090. The second kappa shape index (κ2) is 9.49. The lowest BCUT2D eigenvalue weighted by atomic mass is 10.1. The fourth-order valence-corrected chi connectivity index (χ4v) is 3.52. The number of sulfone groups is 1. The first-order valence-corrected chi connectivity index (χ1v) is 11.2. The molecule has 0 saturated heterocycles. The number of anilines is 1. The van der Waals surface area contributed by atoms with Gasteiger partial charge in [0.1, 0.15) is 5.75 Å². The number of carbonyl (C=O) groups is 1. The van der Waals surface area contributed by atoms with Gasteiger partial charge in [-0.3, -0.25) is 4.79 Å². The maximum atomic E-state index is 12.2. The van der Waals surface area contributed by atoms with Crippen molar-refractivity contribution in [3.63, 3.8) is 0 Å². The molecule has 7 nitrogen and oxygen atoms in total. The van der Waals surface area contributed by atoms with E-state index in [1.54, 1.807) is 44.4 Å². The van der Waals surface area contributed by atoms with Gasteiger partial charge in [-0.05, 0) is 48.4 Å². The molecule has 0 unspecified atom stereocenters. The molecule has 0 aliphatic heterocycles. The second-order valence-electron chi connectivity index (χ2n) is 6.63. The number of nitrogens with zero attached hydrogens (tertiary/aromatic N) is 2. The maximum absolute atomic E-state index is 12.2. The van der Waals surface area contributed by atoms with Gasteiger partial charge in [0, 0.05) is 17.7 Å². The van der Waals surface area contributed by atoms with Crippen molar-refractivity contribution in [2.45, 2.75) is 24.8 Å². The summed E-state index contributed by atoms with van der Waals surface area (Å²) in [6.45, 7) is 1.56. The number of ether oxygens (including phenoxy) is 1. The van der Waals surface area contributed by atoms with Crippen LogP contribution < -0.4 is 10.1 Å². The average molecular weight is 426 g/mol. The standard InChI is InChI=1S/C22H23N3O4S/c1-3-30(27,28)22-15-13-20(24-25-22)17-7-9-18(10-8-17)23-21(26)14-6-16-4-11-19(29-2)12-5-16/h4-5,7-13,15H,3,6,14H2,1-2H3,(H,23,26). The van der Waals surface area contributed by atoms with Crippen molar-refractivity contribution < 1.29 is 17.9 Å². The maximum Gasteiger partial charge on any atom is 0.224 e. The van der Waals surface area contributed by atoms with Crippen LogP contribution in [0.4, 0.5) is 5.69 Å². The third-order valence-electron chi connectivity index (χ3n) is 4.60. The van der Waals surface area contributed by atoms with Crippen LogP contribution in [-0.2, 0) is 21.1 Å². The summed E-state index contributed by atoms with van der Waals surface area (Å²) in [5, 5.41) is 10.7. The average Bonchev–Trinajstić information content (AvgIpc) is 2.78. The molecule has 0 radical (unpaired) electrons. The minimum absolute atomic E-state index is 0.0200. The number of nitrogens with one attached hydrogen (secondary N) is 1. The summed E-state index contributed by atoms with van der Waals surface area (Å²) in [5.74, 6) is 0.690. The van der Waals surface area contributed by atoms with Gasteiger partial charge in [0.15, 0.2) is 14.9 Å². The van der Waals surface area contributed by atoms with Gasteiger partial charge in [0.05, 0.1) is 18.6 Å². The molecule has 1 N–H and O–H groups in total. The highest BCUT2D eigenvalue weighted by Crippen LogP contribution is 2.20. The van der Waals surface area contributed by atoms with Gasteiger partial charge >= 0.3 is 0 Å². The summed E-state index contributed by atoms with van der Waals surface area (Å²) in [6, 6.07) is 17.9. The molecule has 0 bridgehead atoms. The Morgan fingerprint density at radius 3 is 2.23 bits per heavy atom. The van der Waals surface area contributed by atoms with Crippen molar-refractivity contribution in [1.29, 1.82) is 0 Å². The zero-order chi connectivity index (χ0) is 21.6. The molecule has 1 aromatic heterocycles. The highest BCUT2D eigenvalue weighted by molar-refractivity contribution is 7.91. The van der Waals surface area contributed by atoms with Gasteiger partial charge in [-0.2, -0.15) is 0 Å². The Labute approximate surface area is 176 Å². The predicted octanol–water partition coefficient (Wildman–Crippen LogP) is 3.52. The highest BCUT2D eigenvalue weighted by Gasteiger charge is 2.14. The smallest absolute Gasteiger partial charge is 0.224 e. The summed E-state index contributed by atoms with van der Waals surface area (Å²) < 4.78 is 28.8. The molecule has 156 valence electrons. The van der Waals surface area contributed by atoms with Crippen LogP contribution in [0, 0.1) is 0 Å². The summed E-state index contributed by atoms with van der Waals surface area (Å²) >= 11 is 0. The van der Waals surface area contributed by atoms with Crippen LogP contribution in [0.15, 0.2) is 65.7 Å². The van der Waals surface area contributed by atoms with Crippen molar-refractivity contribution >= 4 is 21.4 Å². The Hall–Kier alpha value is -3.26. The molecule has 1 heterocycles. The molecule has 30 heavy (non-hydrogen) atoms. The lowest BCUT2D eigenvalue weighted by molar-refractivity contribution is -0.116. The largest absolute Gasteiger partial charge is 0.497 e. The number of benzene rings is 2. The molecule has 2 aromatic carbocycles. The molecule has 0 atom stereocenters. The summed E-state index contributed by atoms with van der Waals surface area (Å²) in [5.41, 5.74) is 3.08. The Morgan fingerprint density at radius 2 is 1.67 bits per heavy atom. The SMILES string of the molecule is CCS(=O)(=O)c1ccc(-c2ccc(NC(=O)CCc3ccc(OC)cc3)cc2)nn1. The number of hydrogen-bond donors (Lipinski definition) is 1. The van der Waals surface area contributed by atoms with E-state index in [1.165, 1.54) is 6.07 Å². The fourth-order valence-electron chi connectivity index (χ4n) is 2.79. The highest BCUT2D eigenvalue weighted by atomic mass is 32.2. The normalized spacial score (nSPS) is 11.1. The van der Waals surface area contributed by atoms with E-state index in [-0.39, 0.29) is 16.7 Å². The van der Waals surface area contributed by atoms with E-state index in [9.17, 15) is 13.2 Å². The molecular weight excluding hydrogens is 402 g/mol. The molecule has 0 fully saturated rings. The minimum atomic E-state index is -3.37. The molecule has 0 aliphatic carbocycles. The van der Waals surface area contributed by atoms with Crippen molar-refractivity contribution in [2.75, 3.05) is 18.2 Å². The Kier molecular flexibility index (Phi) is 6.79. The lowest BCUT2D eigenvalue weighted by Crippen LogP contribution is -2.12. The summed E-state index contributed by atoms with van der Waals surface area (Å²) in [7, 11) is -1.76. The third kappa shape index (κ3) is 5.42. The molecule has 1 amide bonds. The first-order chi connectivity index (χ1) is 14.4. The van der Waals surface area contributed by atoms with E-state index in [0.717, 1.165) is 16.9 Å². The first-order valence-electron chi connectivity index (χ1n) is 9.51. The fraction of sp³-hybridized carbons (Fsp3) is 0.227. The summed E-state index contributed by atoms with van der Waals surface area (Å²) in [6.07, 6.45) is 1.00. The number of rotatable bonds is 8. The Balaban J connectivity index is 1.57. The van der Waals surface area contributed by atoms with E-state index >= 15 is 0 Å². The molecule has 3 rings (SSSR count). The van der Waals surface area contributed by atoms with Gasteiger partial charge in [-0.1, -0.05) is 31.2 Å². The van der Waals surface area contributed by atoms with Crippen molar-refractivity contribution in [3.8, 4) is 17.0 Å². The van der Waals surface area contributed by atoms with E-state index in [1.807, 2.05) is 24.3 Å². The van der Waals surface area contributed by atoms with E-state index in [0.29, 0.717) is 24.2 Å². The van der Waals surface area contributed by atoms with Gasteiger partial charge in [0.2, 0.25) is 5.91 Å². The zero-order valence-electron chi connectivity index (χ0n) is 16.8. The van der Waals surface area contributed by atoms with Gasteiger partial charge in [-0.15, -0.1) is 10.2 Å². The topological polar surface area (TPSA) is 98.2 Å².